The number of benzene rings is 1. The Balaban J connectivity index is 2.67. The first-order chi connectivity index (χ1) is 7.29. The lowest BCUT2D eigenvalue weighted by Crippen LogP contribution is -2.22. The number of nitriles is 1. The summed E-state index contributed by atoms with van der Waals surface area (Å²) >= 11 is 0. The number of nitrogens with one attached hydrogen (secondary N) is 1. The molecular weight excluding hydrogens is 195 g/mol. The Kier molecular flexibility index (Phi) is 4.75. The van der Waals surface area contributed by atoms with Crippen molar-refractivity contribution >= 4 is 0 Å². The van der Waals surface area contributed by atoms with E-state index in [9.17, 15) is 4.39 Å². The summed E-state index contributed by atoms with van der Waals surface area (Å²) < 4.78 is 13.3. The van der Waals surface area contributed by atoms with Crippen LogP contribution in [0.4, 0.5) is 4.39 Å². The van der Waals surface area contributed by atoms with Crippen molar-refractivity contribution in [1.82, 2.24) is 5.32 Å². The molecule has 0 aromatic heterocycles. The van der Waals surface area contributed by atoms with Gasteiger partial charge in [-0.25, -0.2) is 4.39 Å². The first kappa shape index (κ1) is 11.6. The quantitative estimate of drug-likeness (QED) is 0.718. The number of rotatable bonds is 5. The van der Waals surface area contributed by atoms with Gasteiger partial charge in [0.1, 0.15) is 11.9 Å². The van der Waals surface area contributed by atoms with Crippen molar-refractivity contribution in [3.05, 3.63) is 35.6 Å². The molecule has 0 saturated carbocycles. The van der Waals surface area contributed by atoms with Gasteiger partial charge in [0, 0.05) is 12.2 Å². The van der Waals surface area contributed by atoms with Crippen molar-refractivity contribution in [2.75, 3.05) is 13.2 Å². The van der Waals surface area contributed by atoms with Crippen molar-refractivity contribution < 1.29 is 9.50 Å². The van der Waals surface area contributed by atoms with Crippen LogP contribution in [0.15, 0.2) is 24.3 Å². The zero-order valence-electron chi connectivity index (χ0n) is 8.28. The summed E-state index contributed by atoms with van der Waals surface area (Å²) in [4.78, 5) is 0. The van der Waals surface area contributed by atoms with Crippen molar-refractivity contribution in [3.8, 4) is 6.07 Å². The van der Waals surface area contributed by atoms with E-state index in [1.54, 1.807) is 18.2 Å². The van der Waals surface area contributed by atoms with Crippen LogP contribution in [-0.4, -0.2) is 18.3 Å². The molecule has 15 heavy (non-hydrogen) atoms. The second-order valence-electron chi connectivity index (χ2n) is 3.11. The molecule has 1 unspecified atom stereocenters. The molecule has 0 heterocycles. The maximum atomic E-state index is 13.3. The summed E-state index contributed by atoms with van der Waals surface area (Å²) in [5.41, 5.74) is 0.345. The molecule has 0 bridgehead atoms. The van der Waals surface area contributed by atoms with E-state index in [0.29, 0.717) is 18.5 Å². The summed E-state index contributed by atoms with van der Waals surface area (Å²) in [6.07, 6.45) is 0.548. The lowest BCUT2D eigenvalue weighted by molar-refractivity contribution is 0.285. The molecule has 0 aliphatic carbocycles. The third kappa shape index (κ3) is 3.31. The third-order valence-electron chi connectivity index (χ3n) is 2.03. The van der Waals surface area contributed by atoms with E-state index in [4.69, 9.17) is 10.4 Å². The van der Waals surface area contributed by atoms with Crippen molar-refractivity contribution in [1.29, 1.82) is 5.26 Å². The molecule has 80 valence electrons. The van der Waals surface area contributed by atoms with Crippen molar-refractivity contribution in [2.24, 2.45) is 0 Å². The summed E-state index contributed by atoms with van der Waals surface area (Å²) in [7, 11) is 0. The van der Waals surface area contributed by atoms with Gasteiger partial charge in [0.05, 0.1) is 6.07 Å². The molecule has 3 nitrogen and oxygen atoms in total. The van der Waals surface area contributed by atoms with Crippen LogP contribution in [0.5, 0.6) is 0 Å². The first-order valence-electron chi connectivity index (χ1n) is 4.78. The van der Waals surface area contributed by atoms with Gasteiger partial charge in [-0.2, -0.15) is 5.26 Å². The van der Waals surface area contributed by atoms with Gasteiger partial charge in [-0.1, -0.05) is 18.2 Å². The minimum atomic E-state index is -0.655. The van der Waals surface area contributed by atoms with Crippen molar-refractivity contribution in [3.63, 3.8) is 0 Å². The Bertz CT molecular complexity index is 349. The van der Waals surface area contributed by atoms with E-state index < -0.39 is 6.04 Å². The summed E-state index contributed by atoms with van der Waals surface area (Å²) in [5, 5.41) is 20.3. The van der Waals surface area contributed by atoms with Gasteiger partial charge in [-0.15, -0.1) is 0 Å². The number of nitrogens with zero attached hydrogens (tertiary/aromatic N) is 1. The van der Waals surface area contributed by atoms with Crippen LogP contribution in [0.3, 0.4) is 0 Å². The number of halogens is 1. The fourth-order valence-electron chi connectivity index (χ4n) is 1.26. The van der Waals surface area contributed by atoms with Gasteiger partial charge in [0.15, 0.2) is 0 Å². The Labute approximate surface area is 88.2 Å². The molecule has 1 aromatic rings. The molecule has 2 N–H and O–H groups in total. The molecule has 1 rings (SSSR count). The average Bonchev–Trinajstić information content (AvgIpc) is 2.26. The van der Waals surface area contributed by atoms with Crippen LogP contribution < -0.4 is 5.32 Å². The summed E-state index contributed by atoms with van der Waals surface area (Å²) in [6, 6.07) is 7.51. The molecule has 0 radical (unpaired) electrons. The molecule has 0 aliphatic rings. The van der Waals surface area contributed by atoms with E-state index in [2.05, 4.69) is 5.32 Å². The predicted molar refractivity (Wildman–Crippen MR) is 54.5 cm³/mol. The zero-order valence-corrected chi connectivity index (χ0v) is 8.28. The lowest BCUT2D eigenvalue weighted by Gasteiger charge is -2.11. The second-order valence-corrected chi connectivity index (χ2v) is 3.11. The van der Waals surface area contributed by atoms with Crippen LogP contribution in [0.2, 0.25) is 0 Å². The van der Waals surface area contributed by atoms with Gasteiger partial charge in [0.25, 0.3) is 0 Å². The highest BCUT2D eigenvalue weighted by Gasteiger charge is 2.12. The molecule has 0 spiro atoms. The largest absolute Gasteiger partial charge is 0.396 e. The SMILES string of the molecule is N#CC(NCCCO)c1ccccc1F. The molecule has 0 aliphatic heterocycles. The van der Waals surface area contributed by atoms with Gasteiger partial charge in [-0.05, 0) is 19.0 Å². The predicted octanol–water partition coefficient (Wildman–Crippen LogP) is 1.36. The molecule has 4 heteroatoms. The highest BCUT2D eigenvalue weighted by Crippen LogP contribution is 2.15. The van der Waals surface area contributed by atoms with Gasteiger partial charge in [-0.3, -0.25) is 5.32 Å². The smallest absolute Gasteiger partial charge is 0.129 e. The molecule has 0 fully saturated rings. The summed E-state index contributed by atoms with van der Waals surface area (Å²) in [5.74, 6) is -0.388. The molecule has 1 atom stereocenters. The topological polar surface area (TPSA) is 56.0 Å². The first-order valence-corrected chi connectivity index (χ1v) is 4.78. The van der Waals surface area contributed by atoms with E-state index in [-0.39, 0.29) is 12.4 Å². The van der Waals surface area contributed by atoms with Crippen LogP contribution in [0.25, 0.3) is 0 Å². The molecular formula is C11H13FN2O. The summed E-state index contributed by atoms with van der Waals surface area (Å²) in [6.45, 7) is 0.547. The zero-order chi connectivity index (χ0) is 11.1. The van der Waals surface area contributed by atoms with E-state index in [1.807, 2.05) is 6.07 Å². The Morgan fingerprint density at radius 2 is 2.20 bits per heavy atom. The van der Waals surface area contributed by atoms with Gasteiger partial charge in [0.2, 0.25) is 0 Å². The van der Waals surface area contributed by atoms with Gasteiger partial charge < -0.3 is 5.11 Å². The fourth-order valence-corrected chi connectivity index (χ4v) is 1.26. The van der Waals surface area contributed by atoms with Crippen LogP contribution >= 0.6 is 0 Å². The Morgan fingerprint density at radius 3 is 2.80 bits per heavy atom. The van der Waals surface area contributed by atoms with Gasteiger partial charge >= 0.3 is 0 Å². The van der Waals surface area contributed by atoms with E-state index in [1.165, 1.54) is 6.07 Å². The highest BCUT2D eigenvalue weighted by molar-refractivity contribution is 5.25. The third-order valence-corrected chi connectivity index (χ3v) is 2.03. The van der Waals surface area contributed by atoms with E-state index >= 15 is 0 Å². The normalized spacial score (nSPS) is 12.1. The standard InChI is InChI=1S/C11H13FN2O/c12-10-5-2-1-4-9(10)11(8-13)14-6-3-7-15/h1-2,4-5,11,14-15H,3,6-7H2. The molecule has 0 saturated heterocycles. The monoisotopic (exact) mass is 208 g/mol. The maximum absolute atomic E-state index is 13.3. The number of aliphatic hydroxyl groups excluding tert-OH is 1. The number of hydrogen-bond donors (Lipinski definition) is 2. The molecule has 1 aromatic carbocycles. The van der Waals surface area contributed by atoms with Crippen LogP contribution in [0, 0.1) is 17.1 Å². The number of hydrogen-bond acceptors (Lipinski definition) is 3. The Hall–Kier alpha value is -1.44. The minimum absolute atomic E-state index is 0.0580. The number of aliphatic hydroxyl groups is 1. The fraction of sp³-hybridized carbons (Fsp3) is 0.364. The maximum Gasteiger partial charge on any atom is 0.129 e. The van der Waals surface area contributed by atoms with Crippen molar-refractivity contribution in [2.45, 2.75) is 12.5 Å². The second kappa shape index (κ2) is 6.12. The minimum Gasteiger partial charge on any atom is -0.396 e. The van der Waals surface area contributed by atoms with Crippen LogP contribution in [0.1, 0.15) is 18.0 Å². The van der Waals surface area contributed by atoms with Crippen LogP contribution in [-0.2, 0) is 0 Å². The molecule has 0 amide bonds. The lowest BCUT2D eigenvalue weighted by atomic mass is 10.1. The highest BCUT2D eigenvalue weighted by atomic mass is 19.1. The Morgan fingerprint density at radius 1 is 1.47 bits per heavy atom. The van der Waals surface area contributed by atoms with E-state index in [0.717, 1.165) is 0 Å². The average molecular weight is 208 g/mol.